The van der Waals surface area contributed by atoms with Crippen LogP contribution in [0, 0.1) is 20.2 Å². The van der Waals surface area contributed by atoms with Crippen LogP contribution in [0.3, 0.4) is 0 Å². The van der Waals surface area contributed by atoms with Gasteiger partial charge < -0.3 is 0 Å². The third-order valence-corrected chi connectivity index (χ3v) is 5.13. The summed E-state index contributed by atoms with van der Waals surface area (Å²) in [4.78, 5) is 32.2. The summed E-state index contributed by atoms with van der Waals surface area (Å²) in [5.74, 6) is -0.930. The van der Waals surface area contributed by atoms with E-state index in [2.05, 4.69) is 0 Å². The predicted molar refractivity (Wildman–Crippen MR) is 80.2 cm³/mol. The van der Waals surface area contributed by atoms with E-state index in [1.807, 2.05) is 0 Å². The number of non-ortho nitro benzene ring substituents is 2. The van der Waals surface area contributed by atoms with E-state index in [9.17, 15) is 33.4 Å². The number of hydrogen-bond donors (Lipinski definition) is 0. The lowest BCUT2D eigenvalue weighted by Gasteiger charge is -2.14. The van der Waals surface area contributed by atoms with Crippen LogP contribution >= 0.6 is 0 Å². The molecule has 122 valence electrons. The van der Waals surface area contributed by atoms with E-state index in [1.165, 1.54) is 24.3 Å². The van der Waals surface area contributed by atoms with Crippen molar-refractivity contribution in [1.29, 1.82) is 0 Å². The molecule has 0 fully saturated rings. The maximum Gasteiger partial charge on any atom is 0.278 e. The molecule has 0 radical (unpaired) electrons. The maximum atomic E-state index is 12.5. The number of anilines is 1. The van der Waals surface area contributed by atoms with Gasteiger partial charge in [0.1, 0.15) is 4.90 Å². The molecule has 0 bridgehead atoms. The van der Waals surface area contributed by atoms with Crippen LogP contribution in [-0.4, -0.2) is 24.2 Å². The molecule has 0 spiro atoms. The van der Waals surface area contributed by atoms with Crippen molar-refractivity contribution in [1.82, 2.24) is 0 Å². The number of fused-ring (bicyclic) bond motifs is 1. The van der Waals surface area contributed by atoms with Crippen LogP contribution in [0.15, 0.2) is 47.4 Å². The SMILES string of the molecule is O=C1c2ccccc2S(=O)(=O)N1c1cc([N+](=O)[O-])cc([N+](=O)[O-])c1. The molecular weight excluding hydrogens is 342 g/mol. The van der Waals surface area contributed by atoms with Gasteiger partial charge in [0.2, 0.25) is 0 Å². The van der Waals surface area contributed by atoms with Crippen LogP contribution in [0.4, 0.5) is 17.1 Å². The average molecular weight is 349 g/mol. The van der Waals surface area contributed by atoms with Crippen molar-refractivity contribution < 1.29 is 23.1 Å². The van der Waals surface area contributed by atoms with Crippen molar-refractivity contribution in [2.24, 2.45) is 0 Å². The molecule has 3 rings (SSSR count). The van der Waals surface area contributed by atoms with E-state index in [4.69, 9.17) is 0 Å². The first kappa shape index (κ1) is 15.6. The van der Waals surface area contributed by atoms with Gasteiger partial charge in [-0.25, -0.2) is 8.42 Å². The number of rotatable bonds is 3. The standard InChI is InChI=1S/C13H7N3O7S/c17-13-11-3-1-2-4-12(11)24(22,23)14(13)8-5-9(15(18)19)7-10(6-8)16(20)21/h1-7H. The van der Waals surface area contributed by atoms with Gasteiger partial charge in [0.25, 0.3) is 27.3 Å². The average Bonchev–Trinajstić information content (AvgIpc) is 2.74. The van der Waals surface area contributed by atoms with Gasteiger partial charge in [0, 0.05) is 12.1 Å². The number of benzene rings is 2. The molecule has 2 aromatic rings. The number of carbonyl (C=O) groups excluding carboxylic acids is 1. The van der Waals surface area contributed by atoms with Gasteiger partial charge in [0.15, 0.2) is 0 Å². The maximum absolute atomic E-state index is 12.5. The zero-order valence-corrected chi connectivity index (χ0v) is 12.5. The third-order valence-electron chi connectivity index (χ3n) is 3.36. The fraction of sp³-hybridized carbons (Fsp3) is 0. The molecule has 0 saturated heterocycles. The molecule has 10 nitrogen and oxygen atoms in total. The summed E-state index contributed by atoms with van der Waals surface area (Å²) in [5, 5.41) is 21.9. The minimum atomic E-state index is -4.29. The van der Waals surface area contributed by atoms with E-state index in [0.717, 1.165) is 12.1 Å². The summed E-state index contributed by atoms with van der Waals surface area (Å²) in [6.45, 7) is 0. The molecule has 1 heterocycles. The molecular formula is C13H7N3O7S. The van der Waals surface area contributed by atoms with Crippen LogP contribution in [0.2, 0.25) is 0 Å². The van der Waals surface area contributed by atoms with Crippen molar-refractivity contribution >= 4 is 33.0 Å². The highest BCUT2D eigenvalue weighted by Crippen LogP contribution is 2.37. The second-order valence-electron chi connectivity index (χ2n) is 4.79. The van der Waals surface area contributed by atoms with Crippen molar-refractivity contribution in [3.05, 3.63) is 68.3 Å². The molecule has 24 heavy (non-hydrogen) atoms. The molecule has 2 aromatic carbocycles. The Morgan fingerprint density at radius 1 is 0.917 bits per heavy atom. The first-order valence-corrected chi connectivity index (χ1v) is 7.80. The van der Waals surface area contributed by atoms with Crippen molar-refractivity contribution in [3.8, 4) is 0 Å². The fourth-order valence-corrected chi connectivity index (χ4v) is 3.93. The highest BCUT2D eigenvalue weighted by molar-refractivity contribution is 7.94. The number of nitro benzene ring substituents is 2. The van der Waals surface area contributed by atoms with Gasteiger partial charge in [-0.15, -0.1) is 0 Å². The van der Waals surface area contributed by atoms with Crippen molar-refractivity contribution in [2.45, 2.75) is 4.90 Å². The molecule has 0 atom stereocenters. The van der Waals surface area contributed by atoms with E-state index in [1.54, 1.807) is 0 Å². The number of nitro groups is 2. The number of amides is 1. The second-order valence-corrected chi connectivity index (χ2v) is 6.55. The first-order chi connectivity index (χ1) is 11.2. The van der Waals surface area contributed by atoms with Gasteiger partial charge in [-0.2, -0.15) is 4.31 Å². The lowest BCUT2D eigenvalue weighted by Crippen LogP contribution is -2.29. The quantitative estimate of drug-likeness (QED) is 0.608. The van der Waals surface area contributed by atoms with Gasteiger partial charge in [-0.3, -0.25) is 25.0 Å². The van der Waals surface area contributed by atoms with E-state index >= 15 is 0 Å². The summed E-state index contributed by atoms with van der Waals surface area (Å²) >= 11 is 0. The zero-order chi connectivity index (χ0) is 17.6. The van der Waals surface area contributed by atoms with Crippen LogP contribution in [0.25, 0.3) is 0 Å². The molecule has 0 N–H and O–H groups in total. The van der Waals surface area contributed by atoms with Crippen molar-refractivity contribution in [2.75, 3.05) is 4.31 Å². The number of sulfonamides is 1. The number of nitrogens with zero attached hydrogens (tertiary/aromatic N) is 3. The Morgan fingerprint density at radius 2 is 1.46 bits per heavy atom. The molecule has 1 aliphatic heterocycles. The summed E-state index contributed by atoms with van der Waals surface area (Å²) < 4.78 is 25.4. The lowest BCUT2D eigenvalue weighted by atomic mass is 10.2. The van der Waals surface area contributed by atoms with Crippen LogP contribution in [0.1, 0.15) is 10.4 Å². The zero-order valence-electron chi connectivity index (χ0n) is 11.6. The van der Waals surface area contributed by atoms with Crippen LogP contribution in [-0.2, 0) is 10.0 Å². The number of hydrogen-bond acceptors (Lipinski definition) is 7. The summed E-state index contributed by atoms with van der Waals surface area (Å²) in [6, 6.07) is 7.68. The topological polar surface area (TPSA) is 141 Å². The van der Waals surface area contributed by atoms with Gasteiger partial charge in [0.05, 0.1) is 27.2 Å². The molecule has 0 aliphatic carbocycles. The molecule has 0 unspecified atom stereocenters. The highest BCUT2D eigenvalue weighted by atomic mass is 32.2. The van der Waals surface area contributed by atoms with Gasteiger partial charge in [-0.05, 0) is 12.1 Å². The van der Waals surface area contributed by atoms with E-state index in [0.29, 0.717) is 10.4 Å². The van der Waals surface area contributed by atoms with Gasteiger partial charge in [-0.1, -0.05) is 12.1 Å². The largest absolute Gasteiger partial charge is 0.278 e. The Kier molecular flexibility index (Phi) is 3.30. The minimum absolute atomic E-state index is 0.105. The molecule has 0 saturated carbocycles. The Labute approximate surface area is 134 Å². The molecule has 11 heteroatoms. The van der Waals surface area contributed by atoms with Crippen LogP contribution in [0.5, 0.6) is 0 Å². The molecule has 1 amide bonds. The Bertz CT molecular complexity index is 984. The smallest absolute Gasteiger partial charge is 0.268 e. The molecule has 1 aliphatic rings. The fourth-order valence-electron chi connectivity index (χ4n) is 2.35. The summed E-state index contributed by atoms with van der Waals surface area (Å²) in [7, 11) is -4.29. The third kappa shape index (κ3) is 2.18. The van der Waals surface area contributed by atoms with E-state index < -0.39 is 42.8 Å². The minimum Gasteiger partial charge on any atom is -0.268 e. The first-order valence-electron chi connectivity index (χ1n) is 6.36. The Morgan fingerprint density at radius 3 is 1.96 bits per heavy atom. The van der Waals surface area contributed by atoms with Crippen LogP contribution < -0.4 is 4.31 Å². The molecule has 0 aromatic heterocycles. The Balaban J connectivity index is 2.25. The number of carbonyl (C=O) groups is 1. The lowest BCUT2D eigenvalue weighted by molar-refractivity contribution is -0.394. The van der Waals surface area contributed by atoms with Crippen molar-refractivity contribution in [3.63, 3.8) is 0 Å². The summed E-state index contributed by atoms with van der Waals surface area (Å²) in [6.07, 6.45) is 0. The normalized spacial score (nSPS) is 15.2. The second kappa shape index (κ2) is 5.09. The highest BCUT2D eigenvalue weighted by Gasteiger charge is 2.43. The monoisotopic (exact) mass is 349 g/mol. The van der Waals surface area contributed by atoms with Gasteiger partial charge >= 0.3 is 0 Å². The van der Waals surface area contributed by atoms with E-state index in [-0.39, 0.29) is 10.5 Å². The summed E-state index contributed by atoms with van der Waals surface area (Å²) in [5.41, 5.74) is -1.96. The predicted octanol–water partition coefficient (Wildman–Crippen LogP) is 1.85. The Hall–Kier alpha value is -3.34.